The quantitative estimate of drug-likeness (QED) is 0.797. The van der Waals surface area contributed by atoms with Crippen molar-refractivity contribution >= 4 is 5.97 Å². The zero-order valence-electron chi connectivity index (χ0n) is 9.44. The van der Waals surface area contributed by atoms with Gasteiger partial charge in [0.25, 0.3) is 0 Å². The Hall–Kier alpha value is -1.35. The van der Waals surface area contributed by atoms with E-state index in [0.29, 0.717) is 12.5 Å². The highest BCUT2D eigenvalue weighted by Gasteiger charge is 2.28. The summed E-state index contributed by atoms with van der Waals surface area (Å²) in [5, 5.41) is 12.2. The molecule has 1 aromatic rings. The van der Waals surface area contributed by atoms with Crippen LogP contribution in [0.4, 0.5) is 0 Å². The van der Waals surface area contributed by atoms with Crippen molar-refractivity contribution in [2.75, 3.05) is 13.1 Å². The normalized spacial score (nSPS) is 25.3. The van der Waals surface area contributed by atoms with Gasteiger partial charge in [0.15, 0.2) is 0 Å². The highest BCUT2D eigenvalue weighted by Crippen LogP contribution is 2.28. The lowest BCUT2D eigenvalue weighted by Crippen LogP contribution is -2.38. The van der Waals surface area contributed by atoms with Crippen molar-refractivity contribution in [1.29, 1.82) is 0 Å². The van der Waals surface area contributed by atoms with Crippen molar-refractivity contribution in [3.05, 3.63) is 35.4 Å². The van der Waals surface area contributed by atoms with Crippen LogP contribution in [0.25, 0.3) is 0 Å². The molecule has 0 bridgehead atoms. The molecule has 0 aromatic heterocycles. The summed E-state index contributed by atoms with van der Waals surface area (Å²) in [6.07, 6.45) is 0.743. The van der Waals surface area contributed by atoms with Gasteiger partial charge in [0.1, 0.15) is 0 Å². The molecule has 0 unspecified atom stereocenters. The van der Waals surface area contributed by atoms with Gasteiger partial charge in [-0.3, -0.25) is 4.79 Å². The number of rotatable bonds is 2. The number of aryl methyl sites for hydroxylation is 1. The number of hydrogen-bond acceptors (Lipinski definition) is 2. The number of carbonyl (C=O) groups is 1. The molecule has 0 amide bonds. The average molecular weight is 219 g/mol. The summed E-state index contributed by atoms with van der Waals surface area (Å²) in [6.45, 7) is 3.56. The summed E-state index contributed by atoms with van der Waals surface area (Å²) in [5.74, 6) is -0.611. The molecule has 16 heavy (non-hydrogen) atoms. The lowest BCUT2D eigenvalue weighted by Gasteiger charge is -2.28. The third-order valence-electron chi connectivity index (χ3n) is 3.33. The Morgan fingerprint density at radius 2 is 2.12 bits per heavy atom. The Balaban J connectivity index is 2.16. The molecule has 3 nitrogen and oxygen atoms in total. The topological polar surface area (TPSA) is 49.3 Å². The van der Waals surface area contributed by atoms with E-state index in [-0.39, 0.29) is 5.92 Å². The molecule has 2 rings (SSSR count). The Labute approximate surface area is 95.5 Å². The van der Waals surface area contributed by atoms with E-state index in [1.807, 2.05) is 12.1 Å². The molecule has 1 aliphatic heterocycles. The van der Waals surface area contributed by atoms with Crippen LogP contribution in [-0.2, 0) is 4.79 Å². The van der Waals surface area contributed by atoms with Gasteiger partial charge in [-0.15, -0.1) is 0 Å². The zero-order valence-corrected chi connectivity index (χ0v) is 9.44. The maximum absolute atomic E-state index is 11.0. The van der Waals surface area contributed by atoms with Crippen LogP contribution in [0.5, 0.6) is 0 Å². The minimum Gasteiger partial charge on any atom is -0.481 e. The van der Waals surface area contributed by atoms with Gasteiger partial charge in [0.05, 0.1) is 5.92 Å². The van der Waals surface area contributed by atoms with E-state index in [2.05, 4.69) is 24.4 Å². The van der Waals surface area contributed by atoms with Crippen LogP contribution >= 0.6 is 0 Å². The van der Waals surface area contributed by atoms with E-state index in [9.17, 15) is 4.79 Å². The Bertz CT molecular complexity index is 389. The Kier molecular flexibility index (Phi) is 3.25. The highest BCUT2D eigenvalue weighted by atomic mass is 16.4. The van der Waals surface area contributed by atoms with Crippen molar-refractivity contribution < 1.29 is 9.90 Å². The van der Waals surface area contributed by atoms with Gasteiger partial charge in [0.2, 0.25) is 0 Å². The monoisotopic (exact) mass is 219 g/mol. The summed E-state index contributed by atoms with van der Waals surface area (Å²) >= 11 is 0. The smallest absolute Gasteiger partial charge is 0.307 e. The molecule has 0 aliphatic carbocycles. The Morgan fingerprint density at radius 1 is 1.38 bits per heavy atom. The van der Waals surface area contributed by atoms with E-state index < -0.39 is 5.97 Å². The first-order chi connectivity index (χ1) is 7.68. The lowest BCUT2D eigenvalue weighted by molar-refractivity contribution is -0.142. The van der Waals surface area contributed by atoms with Crippen LogP contribution in [0.3, 0.4) is 0 Å². The number of piperidine rings is 1. The maximum Gasteiger partial charge on any atom is 0.307 e. The van der Waals surface area contributed by atoms with Crippen molar-refractivity contribution in [2.24, 2.45) is 5.92 Å². The van der Waals surface area contributed by atoms with Gasteiger partial charge in [-0.25, -0.2) is 0 Å². The van der Waals surface area contributed by atoms with E-state index in [0.717, 1.165) is 13.0 Å². The first-order valence-electron chi connectivity index (χ1n) is 5.67. The van der Waals surface area contributed by atoms with Gasteiger partial charge in [-0.2, -0.15) is 0 Å². The van der Waals surface area contributed by atoms with Crippen LogP contribution in [0, 0.1) is 12.8 Å². The second-order valence-corrected chi connectivity index (χ2v) is 4.48. The van der Waals surface area contributed by atoms with E-state index >= 15 is 0 Å². The molecule has 1 saturated heterocycles. The fourth-order valence-corrected chi connectivity index (χ4v) is 2.41. The number of benzene rings is 1. The predicted octanol–water partition coefficient (Wildman–Crippen LogP) is 1.77. The molecular formula is C13H17NO2. The SMILES string of the molecule is Cc1ccccc1[C@H]1CNC[C@@H](C(=O)O)C1. The molecule has 2 N–H and O–H groups in total. The first kappa shape index (κ1) is 11.1. The molecule has 1 aliphatic rings. The minimum absolute atomic E-state index is 0.252. The molecule has 86 valence electrons. The number of carboxylic acids is 1. The molecule has 1 aromatic carbocycles. The fraction of sp³-hybridized carbons (Fsp3) is 0.462. The highest BCUT2D eigenvalue weighted by molar-refractivity contribution is 5.70. The minimum atomic E-state index is -0.689. The van der Waals surface area contributed by atoms with E-state index in [1.165, 1.54) is 11.1 Å². The third-order valence-corrected chi connectivity index (χ3v) is 3.33. The largest absolute Gasteiger partial charge is 0.481 e. The van der Waals surface area contributed by atoms with Crippen LogP contribution < -0.4 is 5.32 Å². The van der Waals surface area contributed by atoms with Crippen LogP contribution in [0.1, 0.15) is 23.5 Å². The summed E-state index contributed by atoms with van der Waals surface area (Å²) in [7, 11) is 0. The second kappa shape index (κ2) is 4.66. The first-order valence-corrected chi connectivity index (χ1v) is 5.67. The van der Waals surface area contributed by atoms with Gasteiger partial charge < -0.3 is 10.4 Å². The van der Waals surface area contributed by atoms with Gasteiger partial charge >= 0.3 is 5.97 Å². The maximum atomic E-state index is 11.0. The van der Waals surface area contributed by atoms with Crippen molar-refractivity contribution in [1.82, 2.24) is 5.32 Å². The van der Waals surface area contributed by atoms with E-state index in [4.69, 9.17) is 5.11 Å². The zero-order chi connectivity index (χ0) is 11.5. The molecule has 1 fully saturated rings. The van der Waals surface area contributed by atoms with Crippen LogP contribution in [0.2, 0.25) is 0 Å². The molecule has 2 atom stereocenters. The van der Waals surface area contributed by atoms with Crippen molar-refractivity contribution in [2.45, 2.75) is 19.3 Å². The molecule has 1 heterocycles. The average Bonchev–Trinajstić information content (AvgIpc) is 2.30. The summed E-state index contributed by atoms with van der Waals surface area (Å²) < 4.78 is 0. The standard InChI is InChI=1S/C13H17NO2/c1-9-4-2-3-5-12(9)10-6-11(13(15)16)8-14-7-10/h2-5,10-11,14H,6-8H2,1H3,(H,15,16)/t10-,11+/m1/s1. The molecule has 0 saturated carbocycles. The molecule has 3 heteroatoms. The van der Waals surface area contributed by atoms with Crippen LogP contribution in [0.15, 0.2) is 24.3 Å². The summed E-state index contributed by atoms with van der Waals surface area (Å²) in [5.41, 5.74) is 2.53. The number of nitrogens with one attached hydrogen (secondary N) is 1. The third kappa shape index (κ3) is 2.25. The predicted molar refractivity (Wildman–Crippen MR) is 62.5 cm³/mol. The lowest BCUT2D eigenvalue weighted by atomic mass is 9.84. The summed E-state index contributed by atoms with van der Waals surface area (Å²) in [4.78, 5) is 11.0. The Morgan fingerprint density at radius 3 is 2.81 bits per heavy atom. The number of carboxylic acid groups (broad SMARTS) is 1. The van der Waals surface area contributed by atoms with Crippen molar-refractivity contribution in [3.8, 4) is 0 Å². The molecular weight excluding hydrogens is 202 g/mol. The molecule has 0 spiro atoms. The number of aliphatic carboxylic acids is 1. The van der Waals surface area contributed by atoms with Gasteiger partial charge in [-0.05, 0) is 30.4 Å². The fourth-order valence-electron chi connectivity index (χ4n) is 2.41. The molecule has 0 radical (unpaired) electrons. The van der Waals surface area contributed by atoms with Crippen LogP contribution in [-0.4, -0.2) is 24.2 Å². The van der Waals surface area contributed by atoms with Crippen molar-refractivity contribution in [3.63, 3.8) is 0 Å². The van der Waals surface area contributed by atoms with Gasteiger partial charge in [0, 0.05) is 13.1 Å². The van der Waals surface area contributed by atoms with E-state index in [1.54, 1.807) is 0 Å². The van der Waals surface area contributed by atoms with Gasteiger partial charge in [-0.1, -0.05) is 24.3 Å². The summed E-state index contributed by atoms with van der Waals surface area (Å²) in [6, 6.07) is 8.22. The second-order valence-electron chi connectivity index (χ2n) is 4.48. The number of hydrogen-bond donors (Lipinski definition) is 2.